The quantitative estimate of drug-likeness (QED) is 0.652. The second kappa shape index (κ2) is 3.60. The summed E-state index contributed by atoms with van der Waals surface area (Å²) < 4.78 is 5.05. The molecule has 60 valence electrons. The van der Waals surface area contributed by atoms with Crippen LogP contribution in [0.25, 0.3) is 0 Å². The van der Waals surface area contributed by atoms with Crippen LogP contribution in [-0.4, -0.2) is 30.8 Å². The zero-order chi connectivity index (χ0) is 7.45. The predicted molar refractivity (Wildman–Crippen MR) is 45.4 cm³/mol. The van der Waals surface area contributed by atoms with Crippen LogP contribution >= 0.6 is 11.8 Å². The maximum Gasteiger partial charge on any atom is 0.0642 e. The van der Waals surface area contributed by atoms with Gasteiger partial charge in [0.2, 0.25) is 0 Å². The Hall–Kier alpha value is 0.270. The van der Waals surface area contributed by atoms with E-state index in [0.29, 0.717) is 6.61 Å². The summed E-state index contributed by atoms with van der Waals surface area (Å²) in [6, 6.07) is 0. The van der Waals surface area contributed by atoms with Gasteiger partial charge in [-0.25, -0.2) is 0 Å². The first-order chi connectivity index (χ1) is 4.77. The van der Waals surface area contributed by atoms with E-state index in [2.05, 4.69) is 0 Å². The summed E-state index contributed by atoms with van der Waals surface area (Å²) in [6.45, 7) is 0.716. The van der Waals surface area contributed by atoms with E-state index in [4.69, 9.17) is 10.5 Å². The minimum absolute atomic E-state index is 0.0139. The first-order valence-electron chi connectivity index (χ1n) is 3.62. The van der Waals surface area contributed by atoms with E-state index in [1.807, 2.05) is 11.8 Å². The number of methoxy groups -OCH3 is 1. The zero-order valence-corrected chi connectivity index (χ0v) is 7.25. The largest absolute Gasteiger partial charge is 0.383 e. The molecule has 0 aromatic carbocycles. The second-order valence-corrected chi connectivity index (χ2v) is 4.13. The lowest BCUT2D eigenvalue weighted by Crippen LogP contribution is -2.47. The number of ether oxygens (including phenoxy) is 1. The lowest BCUT2D eigenvalue weighted by Gasteiger charge is -2.32. The van der Waals surface area contributed by atoms with Crippen molar-refractivity contribution in [1.82, 2.24) is 0 Å². The fourth-order valence-electron chi connectivity index (χ4n) is 1.21. The Balaban J connectivity index is 2.32. The number of hydrogen-bond donors (Lipinski definition) is 1. The lowest BCUT2D eigenvalue weighted by atomic mass is 9.95. The molecular weight excluding hydrogens is 146 g/mol. The molecular formula is C7H15NOS. The van der Waals surface area contributed by atoms with Crippen LogP contribution in [0, 0.1) is 0 Å². The third-order valence-corrected chi connectivity index (χ3v) is 2.91. The van der Waals surface area contributed by atoms with Crippen LogP contribution in [0.4, 0.5) is 0 Å². The Bertz CT molecular complexity index is 96.3. The first kappa shape index (κ1) is 8.37. The molecule has 1 saturated heterocycles. The van der Waals surface area contributed by atoms with Crippen molar-refractivity contribution < 1.29 is 4.74 Å². The van der Waals surface area contributed by atoms with Gasteiger partial charge < -0.3 is 10.5 Å². The van der Waals surface area contributed by atoms with Crippen molar-refractivity contribution in [2.45, 2.75) is 18.4 Å². The van der Waals surface area contributed by atoms with Crippen molar-refractivity contribution in [1.29, 1.82) is 0 Å². The lowest BCUT2D eigenvalue weighted by molar-refractivity contribution is 0.127. The van der Waals surface area contributed by atoms with Gasteiger partial charge in [-0.1, -0.05) is 0 Å². The van der Waals surface area contributed by atoms with Gasteiger partial charge in [-0.05, 0) is 24.3 Å². The molecule has 1 aliphatic rings. The van der Waals surface area contributed by atoms with Crippen LogP contribution in [0.5, 0.6) is 0 Å². The van der Waals surface area contributed by atoms with E-state index in [1.54, 1.807) is 7.11 Å². The third kappa shape index (κ3) is 2.15. The van der Waals surface area contributed by atoms with Gasteiger partial charge in [0.15, 0.2) is 0 Å². The Morgan fingerprint density at radius 1 is 1.50 bits per heavy atom. The van der Waals surface area contributed by atoms with E-state index in [-0.39, 0.29) is 5.54 Å². The van der Waals surface area contributed by atoms with Crippen molar-refractivity contribution in [3.05, 3.63) is 0 Å². The molecule has 0 bridgehead atoms. The summed E-state index contributed by atoms with van der Waals surface area (Å²) in [7, 11) is 1.72. The van der Waals surface area contributed by atoms with E-state index in [9.17, 15) is 0 Å². The van der Waals surface area contributed by atoms with Crippen molar-refractivity contribution in [3.8, 4) is 0 Å². The zero-order valence-electron chi connectivity index (χ0n) is 6.43. The molecule has 2 N–H and O–H groups in total. The van der Waals surface area contributed by atoms with Crippen LogP contribution in [-0.2, 0) is 4.74 Å². The SMILES string of the molecule is COCC1(N)CCSCC1. The highest BCUT2D eigenvalue weighted by molar-refractivity contribution is 7.99. The molecule has 0 aromatic heterocycles. The Kier molecular flexibility index (Phi) is 3.01. The minimum Gasteiger partial charge on any atom is -0.383 e. The van der Waals surface area contributed by atoms with Crippen LogP contribution in [0.3, 0.4) is 0 Å². The molecule has 1 aliphatic heterocycles. The normalized spacial score (nSPS) is 24.6. The maximum atomic E-state index is 6.03. The fourth-order valence-corrected chi connectivity index (χ4v) is 2.52. The number of hydrogen-bond acceptors (Lipinski definition) is 3. The smallest absolute Gasteiger partial charge is 0.0642 e. The molecule has 1 heterocycles. The molecule has 0 saturated carbocycles. The number of nitrogens with two attached hydrogens (primary N) is 1. The van der Waals surface area contributed by atoms with Crippen molar-refractivity contribution in [2.24, 2.45) is 5.73 Å². The average Bonchev–Trinajstić information content (AvgIpc) is 1.89. The molecule has 0 spiro atoms. The summed E-state index contributed by atoms with van der Waals surface area (Å²) in [5.74, 6) is 2.39. The summed E-state index contributed by atoms with van der Waals surface area (Å²) in [5.41, 5.74) is 6.02. The van der Waals surface area contributed by atoms with E-state index < -0.39 is 0 Å². The van der Waals surface area contributed by atoms with Gasteiger partial charge >= 0.3 is 0 Å². The molecule has 10 heavy (non-hydrogen) atoms. The Morgan fingerprint density at radius 3 is 2.60 bits per heavy atom. The summed E-state index contributed by atoms with van der Waals surface area (Å²) >= 11 is 1.99. The van der Waals surface area contributed by atoms with E-state index in [0.717, 1.165) is 12.8 Å². The van der Waals surface area contributed by atoms with Gasteiger partial charge in [-0.2, -0.15) is 11.8 Å². The number of thioether (sulfide) groups is 1. The Morgan fingerprint density at radius 2 is 2.10 bits per heavy atom. The molecule has 0 atom stereocenters. The molecule has 0 aromatic rings. The van der Waals surface area contributed by atoms with Crippen LogP contribution in [0.2, 0.25) is 0 Å². The summed E-state index contributed by atoms with van der Waals surface area (Å²) in [6.07, 6.45) is 2.21. The predicted octanol–water partition coefficient (Wildman–Crippen LogP) is 0.857. The Labute approximate surface area is 66.5 Å². The van der Waals surface area contributed by atoms with Crippen LogP contribution in [0.1, 0.15) is 12.8 Å². The number of rotatable bonds is 2. The highest BCUT2D eigenvalue weighted by Gasteiger charge is 2.27. The molecule has 3 heteroatoms. The van der Waals surface area contributed by atoms with Crippen LogP contribution in [0.15, 0.2) is 0 Å². The van der Waals surface area contributed by atoms with E-state index in [1.165, 1.54) is 11.5 Å². The fraction of sp³-hybridized carbons (Fsp3) is 1.00. The maximum absolute atomic E-state index is 6.03. The standard InChI is InChI=1S/C7H15NOS/c1-9-6-7(8)2-4-10-5-3-7/h2-6,8H2,1H3. The highest BCUT2D eigenvalue weighted by Crippen LogP contribution is 2.24. The summed E-state index contributed by atoms with van der Waals surface area (Å²) in [5, 5.41) is 0. The third-order valence-electron chi connectivity index (χ3n) is 1.92. The molecule has 1 rings (SSSR count). The first-order valence-corrected chi connectivity index (χ1v) is 4.78. The van der Waals surface area contributed by atoms with Crippen molar-refractivity contribution >= 4 is 11.8 Å². The monoisotopic (exact) mass is 161 g/mol. The van der Waals surface area contributed by atoms with Gasteiger partial charge in [0.25, 0.3) is 0 Å². The molecule has 2 nitrogen and oxygen atoms in total. The molecule has 0 unspecified atom stereocenters. The topological polar surface area (TPSA) is 35.2 Å². The molecule has 0 radical (unpaired) electrons. The van der Waals surface area contributed by atoms with Gasteiger partial charge in [0.1, 0.15) is 0 Å². The minimum atomic E-state index is -0.0139. The molecule has 0 amide bonds. The van der Waals surface area contributed by atoms with Gasteiger partial charge in [0, 0.05) is 12.6 Å². The van der Waals surface area contributed by atoms with Gasteiger partial charge in [0.05, 0.1) is 6.61 Å². The molecule has 1 fully saturated rings. The van der Waals surface area contributed by atoms with Crippen molar-refractivity contribution in [2.75, 3.05) is 25.2 Å². The van der Waals surface area contributed by atoms with Crippen molar-refractivity contribution in [3.63, 3.8) is 0 Å². The molecule has 0 aliphatic carbocycles. The van der Waals surface area contributed by atoms with Crippen LogP contribution < -0.4 is 5.73 Å². The average molecular weight is 161 g/mol. The second-order valence-electron chi connectivity index (χ2n) is 2.91. The summed E-state index contributed by atoms with van der Waals surface area (Å²) in [4.78, 5) is 0. The van der Waals surface area contributed by atoms with Gasteiger partial charge in [-0.15, -0.1) is 0 Å². The van der Waals surface area contributed by atoms with Gasteiger partial charge in [-0.3, -0.25) is 0 Å². The highest BCUT2D eigenvalue weighted by atomic mass is 32.2. The van der Waals surface area contributed by atoms with E-state index >= 15 is 0 Å².